The first-order valence-corrected chi connectivity index (χ1v) is 12.2. The molecule has 8 heteroatoms. The van der Waals surface area contributed by atoms with E-state index in [2.05, 4.69) is 55.4 Å². The average molecular weight is 470 g/mol. The Bertz CT molecular complexity index is 1280. The molecular weight excluding hydrogens is 438 g/mol. The summed E-state index contributed by atoms with van der Waals surface area (Å²) in [6.07, 6.45) is 1.74. The van der Waals surface area contributed by atoms with Crippen LogP contribution in [0.5, 0.6) is 0 Å². The van der Waals surface area contributed by atoms with Crippen LogP contribution in [0, 0.1) is 11.3 Å². The van der Waals surface area contributed by atoms with Crippen molar-refractivity contribution in [2.75, 3.05) is 65.8 Å². The number of fused-ring (bicyclic) bond motifs is 1. The Morgan fingerprint density at radius 2 is 1.91 bits per heavy atom. The monoisotopic (exact) mass is 469 g/mol. The smallest absolute Gasteiger partial charge is 0.221 e. The standard InChI is InChI=1S/C27H31N7O/c1-19-18-33(25-8-5-21(17-28)27-23(25)4-3-9-30-27)14-15-34(19)26-16-22(32-12-10-29-11-13-32)6-7-24(26)31-20(2)35/h3-9,16,19,29H,10-15,18H2,1-2H3,(H,31,35). The van der Waals surface area contributed by atoms with Gasteiger partial charge in [-0.25, -0.2) is 0 Å². The van der Waals surface area contributed by atoms with Crippen LogP contribution in [0.3, 0.4) is 0 Å². The van der Waals surface area contributed by atoms with Crippen molar-refractivity contribution in [3.05, 3.63) is 54.2 Å². The number of carbonyl (C=O) groups excluding carboxylic acids is 1. The van der Waals surface area contributed by atoms with Crippen LogP contribution in [0.15, 0.2) is 48.7 Å². The number of anilines is 4. The Morgan fingerprint density at radius 1 is 1.09 bits per heavy atom. The van der Waals surface area contributed by atoms with E-state index in [1.165, 1.54) is 5.69 Å². The second-order valence-electron chi connectivity index (χ2n) is 9.25. The molecule has 1 unspecified atom stereocenters. The predicted octanol–water partition coefficient (Wildman–Crippen LogP) is 3.19. The lowest BCUT2D eigenvalue weighted by Crippen LogP contribution is -2.52. The van der Waals surface area contributed by atoms with E-state index >= 15 is 0 Å². The number of aromatic nitrogens is 1. The third-order valence-electron chi connectivity index (χ3n) is 6.92. The maximum Gasteiger partial charge on any atom is 0.221 e. The van der Waals surface area contributed by atoms with Crippen LogP contribution in [-0.4, -0.2) is 62.7 Å². The third kappa shape index (κ3) is 4.60. The maximum absolute atomic E-state index is 11.9. The molecule has 2 aliphatic heterocycles. The van der Waals surface area contributed by atoms with Crippen molar-refractivity contribution in [2.24, 2.45) is 0 Å². The zero-order chi connectivity index (χ0) is 24.4. The quantitative estimate of drug-likeness (QED) is 0.607. The minimum Gasteiger partial charge on any atom is -0.369 e. The second-order valence-corrected chi connectivity index (χ2v) is 9.25. The Balaban J connectivity index is 1.44. The van der Waals surface area contributed by atoms with Gasteiger partial charge < -0.3 is 25.3 Å². The summed E-state index contributed by atoms with van der Waals surface area (Å²) in [7, 11) is 0. The molecule has 0 saturated carbocycles. The van der Waals surface area contributed by atoms with Crippen molar-refractivity contribution in [1.82, 2.24) is 10.3 Å². The molecule has 0 spiro atoms. The lowest BCUT2D eigenvalue weighted by molar-refractivity contribution is -0.114. The van der Waals surface area contributed by atoms with Crippen LogP contribution in [-0.2, 0) is 4.79 Å². The number of nitrogens with one attached hydrogen (secondary N) is 2. The van der Waals surface area contributed by atoms with Crippen molar-refractivity contribution >= 4 is 39.6 Å². The minimum atomic E-state index is -0.0657. The molecule has 0 aliphatic carbocycles. The fraction of sp³-hybridized carbons (Fsp3) is 0.370. The van der Waals surface area contributed by atoms with Gasteiger partial charge in [0, 0.05) is 81.7 Å². The Morgan fingerprint density at radius 3 is 2.66 bits per heavy atom. The van der Waals surface area contributed by atoms with Gasteiger partial charge in [-0.2, -0.15) is 5.26 Å². The summed E-state index contributed by atoms with van der Waals surface area (Å²) in [6, 6.07) is 16.7. The number of rotatable bonds is 4. The molecule has 0 bridgehead atoms. The number of hydrogen-bond donors (Lipinski definition) is 2. The van der Waals surface area contributed by atoms with Gasteiger partial charge in [-0.1, -0.05) is 0 Å². The SMILES string of the molecule is CC(=O)Nc1ccc(N2CCNCC2)cc1N1CCN(c2ccc(C#N)c3ncccc23)CC1C. The summed E-state index contributed by atoms with van der Waals surface area (Å²) in [5.74, 6) is -0.0657. The number of pyridine rings is 1. The number of nitriles is 1. The summed E-state index contributed by atoms with van der Waals surface area (Å²) < 4.78 is 0. The van der Waals surface area contributed by atoms with Crippen LogP contribution < -0.4 is 25.3 Å². The molecule has 1 aromatic heterocycles. The van der Waals surface area contributed by atoms with Crippen molar-refractivity contribution in [1.29, 1.82) is 5.26 Å². The first-order valence-electron chi connectivity index (χ1n) is 12.2. The fourth-order valence-corrected chi connectivity index (χ4v) is 5.23. The highest BCUT2D eigenvalue weighted by Gasteiger charge is 2.28. The Labute approximate surface area is 206 Å². The van der Waals surface area contributed by atoms with Crippen LogP contribution in [0.4, 0.5) is 22.7 Å². The summed E-state index contributed by atoms with van der Waals surface area (Å²) >= 11 is 0. The first kappa shape index (κ1) is 22.9. The molecule has 1 amide bonds. The molecular formula is C27H31N7O. The molecule has 2 aromatic carbocycles. The molecule has 1 atom stereocenters. The highest BCUT2D eigenvalue weighted by Crippen LogP contribution is 2.36. The van der Waals surface area contributed by atoms with E-state index in [-0.39, 0.29) is 11.9 Å². The molecule has 2 aliphatic rings. The largest absolute Gasteiger partial charge is 0.369 e. The molecule has 2 fully saturated rings. The van der Waals surface area contributed by atoms with Crippen molar-refractivity contribution in [3.63, 3.8) is 0 Å². The van der Waals surface area contributed by atoms with Crippen molar-refractivity contribution in [3.8, 4) is 6.07 Å². The average Bonchev–Trinajstić information content (AvgIpc) is 2.88. The highest BCUT2D eigenvalue weighted by atomic mass is 16.1. The minimum absolute atomic E-state index is 0.0657. The van der Waals surface area contributed by atoms with Gasteiger partial charge in [-0.05, 0) is 49.4 Å². The van der Waals surface area contributed by atoms with Crippen LogP contribution in [0.2, 0.25) is 0 Å². The second kappa shape index (κ2) is 9.80. The first-order chi connectivity index (χ1) is 17.0. The van der Waals surface area contributed by atoms with E-state index < -0.39 is 0 Å². The Kier molecular flexibility index (Phi) is 6.43. The van der Waals surface area contributed by atoms with Gasteiger partial charge in [-0.15, -0.1) is 0 Å². The molecule has 2 N–H and O–H groups in total. The van der Waals surface area contributed by atoms with E-state index in [4.69, 9.17) is 0 Å². The van der Waals surface area contributed by atoms with Gasteiger partial charge in [0.15, 0.2) is 0 Å². The number of nitrogens with zero attached hydrogens (tertiary/aromatic N) is 5. The number of carbonyl (C=O) groups is 1. The Hall–Kier alpha value is -3.83. The van der Waals surface area contributed by atoms with Gasteiger partial charge in [-0.3, -0.25) is 9.78 Å². The summed E-state index contributed by atoms with van der Waals surface area (Å²) in [5, 5.41) is 17.0. The maximum atomic E-state index is 11.9. The molecule has 3 aromatic rings. The van der Waals surface area contributed by atoms with E-state index in [9.17, 15) is 10.1 Å². The third-order valence-corrected chi connectivity index (χ3v) is 6.92. The van der Waals surface area contributed by atoms with Gasteiger partial charge in [0.1, 0.15) is 6.07 Å². The summed E-state index contributed by atoms with van der Waals surface area (Å²) in [4.78, 5) is 23.6. The van der Waals surface area contributed by atoms with E-state index in [0.717, 1.165) is 73.8 Å². The van der Waals surface area contributed by atoms with Gasteiger partial charge in [0.25, 0.3) is 0 Å². The number of hydrogen-bond acceptors (Lipinski definition) is 7. The highest BCUT2D eigenvalue weighted by molar-refractivity contribution is 5.96. The molecule has 3 heterocycles. The molecule has 8 nitrogen and oxygen atoms in total. The molecule has 2 saturated heterocycles. The normalized spacial score (nSPS) is 18.4. The van der Waals surface area contributed by atoms with Crippen LogP contribution in [0.1, 0.15) is 19.4 Å². The fourth-order valence-electron chi connectivity index (χ4n) is 5.23. The summed E-state index contributed by atoms with van der Waals surface area (Å²) in [6.45, 7) is 10.2. The number of benzene rings is 2. The molecule has 0 radical (unpaired) electrons. The summed E-state index contributed by atoms with van der Waals surface area (Å²) in [5.41, 5.74) is 5.56. The van der Waals surface area contributed by atoms with Crippen molar-refractivity contribution in [2.45, 2.75) is 19.9 Å². The molecule has 180 valence electrons. The van der Waals surface area contributed by atoms with E-state index in [1.54, 1.807) is 13.1 Å². The number of piperazine rings is 2. The van der Waals surface area contributed by atoms with E-state index in [1.807, 2.05) is 30.3 Å². The van der Waals surface area contributed by atoms with Crippen LogP contribution in [0.25, 0.3) is 10.9 Å². The lowest BCUT2D eigenvalue weighted by atomic mass is 10.0. The topological polar surface area (TPSA) is 87.5 Å². The zero-order valence-corrected chi connectivity index (χ0v) is 20.3. The predicted molar refractivity (Wildman–Crippen MR) is 141 cm³/mol. The zero-order valence-electron chi connectivity index (χ0n) is 20.3. The molecule has 5 rings (SSSR count). The van der Waals surface area contributed by atoms with Crippen molar-refractivity contribution < 1.29 is 4.79 Å². The van der Waals surface area contributed by atoms with Gasteiger partial charge in [0.05, 0.1) is 22.5 Å². The molecule has 35 heavy (non-hydrogen) atoms. The lowest BCUT2D eigenvalue weighted by Gasteiger charge is -2.43. The van der Waals surface area contributed by atoms with Gasteiger partial charge in [0.2, 0.25) is 5.91 Å². The van der Waals surface area contributed by atoms with Gasteiger partial charge >= 0.3 is 0 Å². The van der Waals surface area contributed by atoms with E-state index in [0.29, 0.717) is 5.56 Å². The van der Waals surface area contributed by atoms with Crippen LogP contribution >= 0.6 is 0 Å². The number of amides is 1.